The minimum Gasteiger partial charge on any atom is -0.392 e. The van der Waals surface area contributed by atoms with E-state index in [4.69, 9.17) is 18.0 Å². The van der Waals surface area contributed by atoms with Crippen molar-refractivity contribution in [1.82, 2.24) is 4.90 Å². The van der Waals surface area contributed by atoms with Gasteiger partial charge >= 0.3 is 0 Å². The van der Waals surface area contributed by atoms with Crippen molar-refractivity contribution in [2.75, 3.05) is 19.6 Å². The van der Waals surface area contributed by atoms with E-state index in [9.17, 15) is 0 Å². The Balaban J connectivity index is 3.61. The standard InChI is InChI=1S/C9H20N2S/c1-3-5-7-11(6-4-2)8-9(10)12/h3-8H2,1-2H3,(H2,10,12). The van der Waals surface area contributed by atoms with Crippen LogP contribution in [0.25, 0.3) is 0 Å². The molecule has 0 amide bonds. The summed E-state index contributed by atoms with van der Waals surface area (Å²) in [6, 6.07) is 0. The van der Waals surface area contributed by atoms with Gasteiger partial charge in [-0.3, -0.25) is 4.90 Å². The number of thiocarbonyl (C=S) groups is 1. The van der Waals surface area contributed by atoms with Gasteiger partial charge in [0.15, 0.2) is 0 Å². The number of nitrogens with zero attached hydrogens (tertiary/aromatic N) is 1. The molecule has 0 fully saturated rings. The third-order valence-electron chi connectivity index (χ3n) is 1.75. The predicted octanol–water partition coefficient (Wildman–Crippen LogP) is 1.78. The Bertz CT molecular complexity index is 126. The fourth-order valence-electron chi connectivity index (χ4n) is 1.19. The van der Waals surface area contributed by atoms with Crippen LogP contribution < -0.4 is 5.73 Å². The van der Waals surface area contributed by atoms with Gasteiger partial charge in [-0.05, 0) is 25.9 Å². The molecule has 0 aliphatic rings. The molecule has 0 saturated carbocycles. The summed E-state index contributed by atoms with van der Waals surface area (Å²) < 4.78 is 0. The van der Waals surface area contributed by atoms with Crippen LogP contribution in [0.15, 0.2) is 0 Å². The minimum absolute atomic E-state index is 0.611. The molecule has 0 aromatic heterocycles. The van der Waals surface area contributed by atoms with Gasteiger partial charge in [0.25, 0.3) is 0 Å². The molecule has 0 rings (SSSR count). The molecule has 0 unspecified atom stereocenters. The smallest absolute Gasteiger partial charge is 0.0870 e. The second-order valence-corrected chi connectivity index (χ2v) is 3.62. The summed E-state index contributed by atoms with van der Waals surface area (Å²) >= 11 is 4.87. The van der Waals surface area contributed by atoms with E-state index in [1.165, 1.54) is 19.3 Å². The van der Waals surface area contributed by atoms with Gasteiger partial charge in [-0.25, -0.2) is 0 Å². The van der Waals surface area contributed by atoms with Gasteiger partial charge in [-0.1, -0.05) is 32.5 Å². The lowest BCUT2D eigenvalue weighted by Gasteiger charge is -2.20. The Morgan fingerprint density at radius 1 is 1.25 bits per heavy atom. The molecule has 0 atom stereocenters. The third kappa shape index (κ3) is 6.55. The van der Waals surface area contributed by atoms with Crippen LogP contribution in [0, 0.1) is 0 Å². The lowest BCUT2D eigenvalue weighted by atomic mass is 10.3. The molecule has 2 N–H and O–H groups in total. The van der Waals surface area contributed by atoms with Crippen molar-refractivity contribution in [3.8, 4) is 0 Å². The molecule has 12 heavy (non-hydrogen) atoms. The molecule has 3 heteroatoms. The first-order chi connectivity index (χ1) is 5.70. The zero-order valence-corrected chi connectivity index (χ0v) is 8.99. The molecule has 0 aliphatic heterocycles. The summed E-state index contributed by atoms with van der Waals surface area (Å²) in [5.41, 5.74) is 5.49. The van der Waals surface area contributed by atoms with E-state index in [1.807, 2.05) is 0 Å². The molecule has 0 aromatic carbocycles. The highest BCUT2D eigenvalue weighted by molar-refractivity contribution is 7.80. The predicted molar refractivity (Wildman–Crippen MR) is 58.4 cm³/mol. The maximum atomic E-state index is 5.49. The molecule has 0 aromatic rings. The third-order valence-corrected chi connectivity index (χ3v) is 1.88. The molecule has 72 valence electrons. The first kappa shape index (κ1) is 11.8. The molecular formula is C9H20N2S. The lowest BCUT2D eigenvalue weighted by molar-refractivity contribution is 0.307. The van der Waals surface area contributed by atoms with Crippen molar-refractivity contribution in [2.24, 2.45) is 5.73 Å². The highest BCUT2D eigenvalue weighted by Crippen LogP contribution is 1.96. The van der Waals surface area contributed by atoms with Gasteiger partial charge < -0.3 is 5.73 Å². The van der Waals surface area contributed by atoms with Crippen molar-refractivity contribution < 1.29 is 0 Å². The summed E-state index contributed by atoms with van der Waals surface area (Å²) in [6.45, 7) is 7.39. The molecule has 0 radical (unpaired) electrons. The molecular weight excluding hydrogens is 168 g/mol. The normalized spacial score (nSPS) is 10.6. The van der Waals surface area contributed by atoms with Gasteiger partial charge in [0.05, 0.1) is 4.99 Å². The topological polar surface area (TPSA) is 29.3 Å². The minimum atomic E-state index is 0.611. The Morgan fingerprint density at radius 3 is 2.33 bits per heavy atom. The van der Waals surface area contributed by atoms with Gasteiger partial charge in [0.2, 0.25) is 0 Å². The van der Waals surface area contributed by atoms with Gasteiger partial charge in [0, 0.05) is 6.54 Å². The van der Waals surface area contributed by atoms with Crippen LogP contribution in [0.2, 0.25) is 0 Å². The summed E-state index contributed by atoms with van der Waals surface area (Å²) in [7, 11) is 0. The van der Waals surface area contributed by atoms with E-state index in [-0.39, 0.29) is 0 Å². The highest BCUT2D eigenvalue weighted by Gasteiger charge is 2.03. The molecule has 0 spiro atoms. The highest BCUT2D eigenvalue weighted by atomic mass is 32.1. The summed E-state index contributed by atoms with van der Waals surface area (Å²) in [6.07, 6.45) is 3.65. The largest absolute Gasteiger partial charge is 0.392 e. The summed E-state index contributed by atoms with van der Waals surface area (Å²) in [5.74, 6) is 0. The van der Waals surface area contributed by atoms with E-state index in [0.29, 0.717) is 4.99 Å². The first-order valence-corrected chi connectivity index (χ1v) is 5.12. The lowest BCUT2D eigenvalue weighted by Crippen LogP contribution is -2.34. The van der Waals surface area contributed by atoms with Crippen molar-refractivity contribution >= 4 is 17.2 Å². The summed E-state index contributed by atoms with van der Waals surface area (Å²) in [4.78, 5) is 2.94. The van der Waals surface area contributed by atoms with Crippen LogP contribution in [0.3, 0.4) is 0 Å². The Labute approximate surface area is 81.1 Å². The zero-order chi connectivity index (χ0) is 9.40. The average molecular weight is 188 g/mol. The van der Waals surface area contributed by atoms with E-state index >= 15 is 0 Å². The van der Waals surface area contributed by atoms with Crippen molar-refractivity contribution in [3.63, 3.8) is 0 Å². The van der Waals surface area contributed by atoms with Gasteiger partial charge in [0.1, 0.15) is 0 Å². The fourth-order valence-corrected chi connectivity index (χ4v) is 1.37. The van der Waals surface area contributed by atoms with Crippen LogP contribution in [-0.4, -0.2) is 29.5 Å². The van der Waals surface area contributed by atoms with Crippen molar-refractivity contribution in [2.45, 2.75) is 33.1 Å². The van der Waals surface area contributed by atoms with E-state index < -0.39 is 0 Å². The molecule has 0 heterocycles. The quantitative estimate of drug-likeness (QED) is 0.618. The van der Waals surface area contributed by atoms with E-state index in [1.54, 1.807) is 0 Å². The van der Waals surface area contributed by atoms with Crippen LogP contribution in [-0.2, 0) is 0 Å². The number of unbranched alkanes of at least 4 members (excludes halogenated alkanes) is 1. The van der Waals surface area contributed by atoms with E-state index in [0.717, 1.165) is 19.6 Å². The number of hydrogen-bond acceptors (Lipinski definition) is 2. The molecule has 0 saturated heterocycles. The van der Waals surface area contributed by atoms with Crippen LogP contribution in [0.5, 0.6) is 0 Å². The zero-order valence-electron chi connectivity index (χ0n) is 8.18. The van der Waals surface area contributed by atoms with Gasteiger partial charge in [-0.2, -0.15) is 0 Å². The summed E-state index contributed by atoms with van der Waals surface area (Å²) in [5, 5.41) is 0. The Kier molecular flexibility index (Phi) is 7.40. The SMILES string of the molecule is CCCCN(CCC)CC(N)=S. The Morgan fingerprint density at radius 2 is 1.92 bits per heavy atom. The molecule has 0 bridgehead atoms. The van der Waals surface area contributed by atoms with Crippen LogP contribution in [0.1, 0.15) is 33.1 Å². The van der Waals surface area contributed by atoms with E-state index in [2.05, 4.69) is 18.7 Å². The second-order valence-electron chi connectivity index (χ2n) is 3.10. The van der Waals surface area contributed by atoms with Crippen LogP contribution in [0.4, 0.5) is 0 Å². The maximum Gasteiger partial charge on any atom is 0.0870 e. The Hall–Kier alpha value is -0.150. The van der Waals surface area contributed by atoms with Crippen molar-refractivity contribution in [1.29, 1.82) is 0 Å². The number of hydrogen-bond donors (Lipinski definition) is 1. The van der Waals surface area contributed by atoms with Crippen LogP contribution >= 0.6 is 12.2 Å². The number of rotatable bonds is 7. The molecule has 2 nitrogen and oxygen atoms in total. The number of nitrogens with two attached hydrogens (primary N) is 1. The average Bonchev–Trinajstić information content (AvgIpc) is 2.00. The fraction of sp³-hybridized carbons (Fsp3) is 0.889. The monoisotopic (exact) mass is 188 g/mol. The van der Waals surface area contributed by atoms with Crippen molar-refractivity contribution in [3.05, 3.63) is 0 Å². The second kappa shape index (κ2) is 7.50. The molecule has 0 aliphatic carbocycles. The maximum absolute atomic E-state index is 5.49. The first-order valence-electron chi connectivity index (χ1n) is 4.71. The van der Waals surface area contributed by atoms with Gasteiger partial charge in [-0.15, -0.1) is 0 Å².